The fourth-order valence-electron chi connectivity index (χ4n) is 2.05. The van der Waals surface area contributed by atoms with Gasteiger partial charge < -0.3 is 5.11 Å². The topological polar surface area (TPSA) is 68.0 Å². The lowest BCUT2D eigenvalue weighted by Gasteiger charge is -2.09. The molecule has 1 aromatic heterocycles. The normalized spacial score (nSPS) is 14.4. The molecule has 1 N–H and O–H groups in total. The molecule has 0 atom stereocenters. The van der Waals surface area contributed by atoms with Crippen molar-refractivity contribution < 1.29 is 18.7 Å². The molecule has 0 spiro atoms. The van der Waals surface area contributed by atoms with Crippen LogP contribution in [0.5, 0.6) is 0 Å². The number of thioether (sulfide) groups is 1. The predicted molar refractivity (Wildman–Crippen MR) is 72.0 cm³/mol. The van der Waals surface area contributed by atoms with E-state index < -0.39 is 17.6 Å². The molecule has 1 saturated carbocycles. The lowest BCUT2D eigenvalue weighted by molar-refractivity contribution is -0.133. The van der Waals surface area contributed by atoms with Gasteiger partial charge >= 0.3 is 5.97 Å². The van der Waals surface area contributed by atoms with Crippen LogP contribution in [0.2, 0.25) is 0 Å². The van der Waals surface area contributed by atoms with Crippen LogP contribution in [0.4, 0.5) is 8.78 Å². The van der Waals surface area contributed by atoms with Crippen molar-refractivity contribution in [2.75, 3.05) is 5.75 Å². The summed E-state index contributed by atoms with van der Waals surface area (Å²) in [6.07, 6.45) is 1.73. The first-order valence-electron chi connectivity index (χ1n) is 6.32. The Hall–Kier alpha value is -1.96. The number of carboxylic acids is 1. The lowest BCUT2D eigenvalue weighted by atomic mass is 10.2. The Bertz CT molecular complexity index is 680. The molecule has 3 rings (SSSR count). The Labute approximate surface area is 123 Å². The highest BCUT2D eigenvalue weighted by atomic mass is 32.2. The van der Waals surface area contributed by atoms with Gasteiger partial charge in [-0.1, -0.05) is 17.8 Å². The summed E-state index contributed by atoms with van der Waals surface area (Å²) in [4.78, 5) is 10.7. The van der Waals surface area contributed by atoms with E-state index in [4.69, 9.17) is 5.11 Å². The number of carbonyl (C=O) groups is 1. The zero-order chi connectivity index (χ0) is 15.0. The van der Waals surface area contributed by atoms with Crippen LogP contribution in [0.25, 0.3) is 11.4 Å². The molecule has 0 aliphatic heterocycles. The number of hydrogen-bond acceptors (Lipinski definition) is 4. The van der Waals surface area contributed by atoms with Gasteiger partial charge in [0.25, 0.3) is 0 Å². The van der Waals surface area contributed by atoms with E-state index in [0.29, 0.717) is 5.16 Å². The summed E-state index contributed by atoms with van der Waals surface area (Å²) in [5.41, 5.74) is -0.223. The quantitative estimate of drug-likeness (QED) is 0.860. The first-order valence-corrected chi connectivity index (χ1v) is 7.30. The fourth-order valence-corrected chi connectivity index (χ4v) is 2.77. The third-order valence-electron chi connectivity index (χ3n) is 3.09. The smallest absolute Gasteiger partial charge is 0.313 e. The summed E-state index contributed by atoms with van der Waals surface area (Å²) < 4.78 is 29.4. The first kappa shape index (κ1) is 14.0. The third-order valence-corrected chi connectivity index (χ3v) is 4.02. The van der Waals surface area contributed by atoms with Crippen molar-refractivity contribution in [3.63, 3.8) is 0 Å². The van der Waals surface area contributed by atoms with E-state index in [1.165, 1.54) is 6.07 Å². The van der Waals surface area contributed by atoms with Crippen LogP contribution in [0.15, 0.2) is 23.4 Å². The van der Waals surface area contributed by atoms with Gasteiger partial charge in [-0.3, -0.25) is 9.36 Å². The van der Waals surface area contributed by atoms with Gasteiger partial charge in [0.2, 0.25) is 0 Å². The summed E-state index contributed by atoms with van der Waals surface area (Å²) in [5.74, 6) is -2.46. The second kappa shape index (κ2) is 5.44. The Morgan fingerprint density at radius 2 is 2.00 bits per heavy atom. The van der Waals surface area contributed by atoms with Gasteiger partial charge in [0.15, 0.2) is 11.0 Å². The van der Waals surface area contributed by atoms with Crippen molar-refractivity contribution in [2.45, 2.75) is 24.0 Å². The van der Waals surface area contributed by atoms with Crippen molar-refractivity contribution in [1.82, 2.24) is 14.8 Å². The van der Waals surface area contributed by atoms with Gasteiger partial charge in [-0.25, -0.2) is 8.78 Å². The third kappa shape index (κ3) is 2.76. The highest BCUT2D eigenvalue weighted by molar-refractivity contribution is 7.99. The molecule has 21 heavy (non-hydrogen) atoms. The van der Waals surface area contributed by atoms with Crippen molar-refractivity contribution >= 4 is 17.7 Å². The standard InChI is InChI=1S/C13H11F2N3O2S/c14-8-2-1-3-9(15)11(8)12-16-17-13(21-6-10(19)20)18(12)7-4-5-7/h1-3,7H,4-6H2,(H,19,20). The molecule has 0 radical (unpaired) electrons. The van der Waals surface area contributed by atoms with Gasteiger partial charge in [-0.15, -0.1) is 10.2 Å². The second-order valence-corrected chi connectivity index (χ2v) is 5.63. The molecule has 110 valence electrons. The summed E-state index contributed by atoms with van der Waals surface area (Å²) in [5, 5.41) is 16.9. The Morgan fingerprint density at radius 1 is 1.33 bits per heavy atom. The Morgan fingerprint density at radius 3 is 2.57 bits per heavy atom. The number of hydrogen-bond donors (Lipinski definition) is 1. The maximum Gasteiger partial charge on any atom is 0.313 e. The molecule has 1 fully saturated rings. The lowest BCUT2D eigenvalue weighted by Crippen LogP contribution is -2.04. The van der Waals surface area contributed by atoms with Crippen LogP contribution in [0.3, 0.4) is 0 Å². The molecule has 0 amide bonds. The number of aromatic nitrogens is 3. The SMILES string of the molecule is O=C(O)CSc1nnc(-c2c(F)cccc2F)n1C1CC1. The van der Waals surface area contributed by atoms with E-state index in [-0.39, 0.29) is 23.2 Å². The molecule has 2 aromatic rings. The van der Waals surface area contributed by atoms with E-state index >= 15 is 0 Å². The van der Waals surface area contributed by atoms with Crippen LogP contribution >= 0.6 is 11.8 Å². The minimum absolute atomic E-state index is 0.0744. The molecule has 8 heteroatoms. The highest BCUT2D eigenvalue weighted by Crippen LogP contribution is 2.41. The van der Waals surface area contributed by atoms with Crippen LogP contribution < -0.4 is 0 Å². The minimum atomic E-state index is -0.982. The average molecular weight is 311 g/mol. The van der Waals surface area contributed by atoms with Gasteiger partial charge in [-0.05, 0) is 25.0 Å². The van der Waals surface area contributed by atoms with Gasteiger partial charge in [-0.2, -0.15) is 0 Å². The summed E-state index contributed by atoms with van der Waals surface area (Å²) >= 11 is 0.996. The number of nitrogens with zero attached hydrogens (tertiary/aromatic N) is 3. The van der Waals surface area contributed by atoms with Crippen molar-refractivity contribution in [1.29, 1.82) is 0 Å². The van der Waals surface area contributed by atoms with E-state index in [1.807, 2.05) is 0 Å². The molecule has 0 bridgehead atoms. The van der Waals surface area contributed by atoms with Crippen LogP contribution in [0, 0.1) is 11.6 Å². The Balaban J connectivity index is 2.05. The molecule has 0 unspecified atom stereocenters. The molecular formula is C13H11F2N3O2S. The zero-order valence-corrected chi connectivity index (χ0v) is 11.6. The monoisotopic (exact) mass is 311 g/mol. The molecule has 1 heterocycles. The summed E-state index contributed by atoms with van der Waals surface area (Å²) in [6.45, 7) is 0. The van der Waals surface area contributed by atoms with Crippen LogP contribution in [-0.2, 0) is 4.79 Å². The fraction of sp³-hybridized carbons (Fsp3) is 0.308. The summed E-state index contributed by atoms with van der Waals surface area (Å²) in [6, 6.07) is 3.68. The van der Waals surface area contributed by atoms with E-state index in [9.17, 15) is 13.6 Å². The second-order valence-electron chi connectivity index (χ2n) is 4.69. The highest BCUT2D eigenvalue weighted by Gasteiger charge is 2.32. The van der Waals surface area contributed by atoms with Crippen LogP contribution in [-0.4, -0.2) is 31.6 Å². The zero-order valence-electron chi connectivity index (χ0n) is 10.8. The number of benzene rings is 1. The molecule has 0 saturated heterocycles. The maximum absolute atomic E-state index is 13.9. The van der Waals surface area contributed by atoms with Gasteiger partial charge in [0, 0.05) is 6.04 Å². The molecular weight excluding hydrogens is 300 g/mol. The molecule has 1 aromatic carbocycles. The van der Waals surface area contributed by atoms with E-state index in [0.717, 1.165) is 36.7 Å². The molecule has 1 aliphatic carbocycles. The maximum atomic E-state index is 13.9. The van der Waals surface area contributed by atoms with Gasteiger partial charge in [0.05, 0.1) is 11.3 Å². The van der Waals surface area contributed by atoms with E-state index in [2.05, 4.69) is 10.2 Å². The first-order chi connectivity index (χ1) is 10.1. The largest absolute Gasteiger partial charge is 0.481 e. The number of rotatable bonds is 5. The average Bonchev–Trinajstić information content (AvgIpc) is 3.18. The van der Waals surface area contributed by atoms with Crippen molar-refractivity contribution in [3.8, 4) is 11.4 Å². The predicted octanol–water partition coefficient (Wildman–Crippen LogP) is 2.73. The van der Waals surface area contributed by atoms with E-state index in [1.54, 1.807) is 4.57 Å². The summed E-state index contributed by atoms with van der Waals surface area (Å²) in [7, 11) is 0. The Kier molecular flexibility index (Phi) is 3.62. The van der Waals surface area contributed by atoms with Crippen molar-refractivity contribution in [3.05, 3.63) is 29.8 Å². The molecule has 5 nitrogen and oxygen atoms in total. The van der Waals surface area contributed by atoms with Crippen LogP contribution in [0.1, 0.15) is 18.9 Å². The minimum Gasteiger partial charge on any atom is -0.481 e. The number of halogens is 2. The number of carboxylic acid groups (broad SMARTS) is 1. The molecule has 1 aliphatic rings. The number of aliphatic carboxylic acids is 1. The van der Waals surface area contributed by atoms with Gasteiger partial charge in [0.1, 0.15) is 11.6 Å². The van der Waals surface area contributed by atoms with Crippen molar-refractivity contribution in [2.24, 2.45) is 0 Å².